The fraction of sp³-hybridized carbons (Fsp3) is 0.400. The molecule has 0 unspecified atom stereocenters. The van der Waals surface area contributed by atoms with E-state index in [9.17, 15) is 9.59 Å². The molecule has 0 fully saturated rings. The molecule has 1 aliphatic rings. The number of carbonyl (C=O) groups is 1. The summed E-state index contributed by atoms with van der Waals surface area (Å²) >= 11 is 0. The van der Waals surface area contributed by atoms with E-state index in [2.05, 4.69) is 4.98 Å². The fourth-order valence-corrected chi connectivity index (χ4v) is 3.04. The van der Waals surface area contributed by atoms with Crippen LogP contribution >= 0.6 is 0 Å². The highest BCUT2D eigenvalue weighted by atomic mass is 16.6. The number of hydrogen-bond donors (Lipinski definition) is 1. The van der Waals surface area contributed by atoms with Crippen LogP contribution in [-0.4, -0.2) is 24.2 Å². The molecule has 0 saturated carbocycles. The topological polar surface area (TPSA) is 68.4 Å². The maximum Gasteiger partial charge on any atom is 0.343 e. The summed E-state index contributed by atoms with van der Waals surface area (Å²) in [7, 11) is 0. The number of hydrogen-bond acceptors (Lipinski definition) is 4. The van der Waals surface area contributed by atoms with Gasteiger partial charge in [-0.3, -0.25) is 4.79 Å². The van der Waals surface area contributed by atoms with Crippen molar-refractivity contribution in [3.8, 4) is 0 Å². The lowest BCUT2D eigenvalue weighted by atomic mass is 10.1. The number of ether oxygens (including phenoxy) is 2. The SMILES string of the molecule is O=C(OCCOCc1ccccc1)c1cc2c([nH]c1=O)CCCCC2. The summed E-state index contributed by atoms with van der Waals surface area (Å²) in [6.45, 7) is 0.892. The van der Waals surface area contributed by atoms with Gasteiger partial charge in [0.25, 0.3) is 5.56 Å². The zero-order valence-electron chi connectivity index (χ0n) is 14.3. The van der Waals surface area contributed by atoms with Gasteiger partial charge in [0, 0.05) is 5.69 Å². The third-order valence-electron chi connectivity index (χ3n) is 4.38. The van der Waals surface area contributed by atoms with E-state index in [1.165, 1.54) is 0 Å². The number of carbonyl (C=O) groups excluding carboxylic acids is 1. The van der Waals surface area contributed by atoms with Gasteiger partial charge in [0.05, 0.1) is 13.2 Å². The lowest BCUT2D eigenvalue weighted by Crippen LogP contribution is -2.23. The van der Waals surface area contributed by atoms with Crippen LogP contribution in [0.1, 0.15) is 46.4 Å². The Balaban J connectivity index is 1.51. The predicted molar refractivity (Wildman–Crippen MR) is 94.7 cm³/mol. The number of fused-ring (bicyclic) bond motifs is 1. The molecule has 25 heavy (non-hydrogen) atoms. The molecule has 0 amide bonds. The quantitative estimate of drug-likeness (QED) is 0.498. The first-order valence-corrected chi connectivity index (χ1v) is 8.78. The lowest BCUT2D eigenvalue weighted by Gasteiger charge is -2.09. The molecule has 5 nitrogen and oxygen atoms in total. The predicted octanol–water partition coefficient (Wildman–Crippen LogP) is 3.02. The van der Waals surface area contributed by atoms with Crippen molar-refractivity contribution in [3.63, 3.8) is 0 Å². The molecule has 5 heteroatoms. The van der Waals surface area contributed by atoms with Crippen molar-refractivity contribution in [2.45, 2.75) is 38.7 Å². The highest BCUT2D eigenvalue weighted by Crippen LogP contribution is 2.18. The largest absolute Gasteiger partial charge is 0.459 e. The Hall–Kier alpha value is -2.40. The minimum absolute atomic E-state index is 0.0868. The Morgan fingerprint density at radius 3 is 2.68 bits per heavy atom. The third-order valence-corrected chi connectivity index (χ3v) is 4.38. The molecule has 132 valence electrons. The number of nitrogens with one attached hydrogen (secondary N) is 1. The van der Waals surface area contributed by atoms with Crippen LogP contribution in [0.5, 0.6) is 0 Å². The number of rotatable bonds is 6. The second kappa shape index (κ2) is 8.62. The van der Waals surface area contributed by atoms with Gasteiger partial charge in [-0.05, 0) is 42.9 Å². The number of pyridine rings is 1. The highest BCUT2D eigenvalue weighted by Gasteiger charge is 2.17. The number of aryl methyl sites for hydroxylation is 2. The second-order valence-electron chi connectivity index (χ2n) is 6.25. The van der Waals surface area contributed by atoms with E-state index in [1.54, 1.807) is 6.07 Å². The first-order chi connectivity index (χ1) is 12.2. The minimum atomic E-state index is -0.586. The molecule has 0 aliphatic heterocycles. The maximum absolute atomic E-state index is 12.2. The second-order valence-corrected chi connectivity index (χ2v) is 6.25. The van der Waals surface area contributed by atoms with E-state index < -0.39 is 5.97 Å². The molecule has 0 spiro atoms. The molecule has 3 rings (SSSR count). The van der Waals surface area contributed by atoms with E-state index in [0.717, 1.165) is 48.9 Å². The smallest absolute Gasteiger partial charge is 0.343 e. The van der Waals surface area contributed by atoms with Gasteiger partial charge in [-0.2, -0.15) is 0 Å². The van der Waals surface area contributed by atoms with E-state index >= 15 is 0 Å². The monoisotopic (exact) mass is 341 g/mol. The zero-order valence-corrected chi connectivity index (χ0v) is 14.3. The summed E-state index contributed by atoms with van der Waals surface area (Å²) in [6, 6.07) is 11.5. The van der Waals surface area contributed by atoms with Gasteiger partial charge in [-0.1, -0.05) is 36.8 Å². The molecule has 0 radical (unpaired) electrons. The molecular weight excluding hydrogens is 318 g/mol. The fourth-order valence-electron chi connectivity index (χ4n) is 3.04. The number of H-pyrrole nitrogens is 1. The van der Waals surface area contributed by atoms with Crippen LogP contribution in [-0.2, 0) is 28.9 Å². The molecule has 2 aromatic rings. The summed E-state index contributed by atoms with van der Waals surface area (Å²) in [5.74, 6) is -0.586. The first kappa shape index (κ1) is 17.4. The van der Waals surface area contributed by atoms with Gasteiger partial charge in [0.15, 0.2) is 0 Å². The zero-order chi connectivity index (χ0) is 17.5. The van der Waals surface area contributed by atoms with Crippen molar-refractivity contribution in [1.82, 2.24) is 4.98 Å². The minimum Gasteiger partial charge on any atom is -0.459 e. The van der Waals surface area contributed by atoms with Crippen LogP contribution in [0.15, 0.2) is 41.2 Å². The summed E-state index contributed by atoms with van der Waals surface area (Å²) in [5, 5.41) is 0. The molecule has 1 N–H and O–H groups in total. The summed E-state index contributed by atoms with van der Waals surface area (Å²) in [6.07, 6.45) is 5.07. The summed E-state index contributed by atoms with van der Waals surface area (Å²) < 4.78 is 10.7. The van der Waals surface area contributed by atoms with Crippen LogP contribution in [0.4, 0.5) is 0 Å². The van der Waals surface area contributed by atoms with Crippen molar-refractivity contribution in [1.29, 1.82) is 0 Å². The molecule has 1 aromatic heterocycles. The molecular formula is C20H23NO4. The Labute approximate surface area is 147 Å². The van der Waals surface area contributed by atoms with Gasteiger partial charge in [-0.15, -0.1) is 0 Å². The van der Waals surface area contributed by atoms with E-state index in [1.807, 2.05) is 30.3 Å². The molecule has 0 saturated heterocycles. The molecule has 0 atom stereocenters. The maximum atomic E-state index is 12.2. The normalized spacial score (nSPS) is 13.8. The first-order valence-electron chi connectivity index (χ1n) is 8.78. The van der Waals surface area contributed by atoms with Crippen molar-refractivity contribution >= 4 is 5.97 Å². The van der Waals surface area contributed by atoms with Crippen LogP contribution < -0.4 is 5.56 Å². The average molecular weight is 341 g/mol. The van der Waals surface area contributed by atoms with Gasteiger partial charge < -0.3 is 14.5 Å². The Morgan fingerprint density at radius 2 is 1.84 bits per heavy atom. The standard InChI is InChI=1S/C20H23NO4/c22-19-17(13-16-9-5-2-6-10-18(16)21-19)20(23)25-12-11-24-14-15-7-3-1-4-8-15/h1,3-4,7-8,13H,2,5-6,9-12,14H2,(H,21,22). The van der Waals surface area contributed by atoms with Gasteiger partial charge in [0.1, 0.15) is 12.2 Å². The number of benzene rings is 1. The van der Waals surface area contributed by atoms with Crippen molar-refractivity contribution in [2.75, 3.05) is 13.2 Å². The molecule has 1 heterocycles. The van der Waals surface area contributed by atoms with E-state index in [4.69, 9.17) is 9.47 Å². The van der Waals surface area contributed by atoms with E-state index in [0.29, 0.717) is 13.2 Å². The van der Waals surface area contributed by atoms with Crippen LogP contribution in [0.25, 0.3) is 0 Å². The van der Waals surface area contributed by atoms with Crippen molar-refractivity contribution in [2.24, 2.45) is 0 Å². The lowest BCUT2D eigenvalue weighted by molar-refractivity contribution is 0.0286. The van der Waals surface area contributed by atoms with Crippen LogP contribution in [0, 0.1) is 0 Å². The molecule has 0 bridgehead atoms. The number of aromatic nitrogens is 1. The summed E-state index contributed by atoms with van der Waals surface area (Å²) in [5.41, 5.74) is 2.81. The Bertz CT molecular complexity index is 767. The van der Waals surface area contributed by atoms with Crippen molar-refractivity contribution < 1.29 is 14.3 Å². The van der Waals surface area contributed by atoms with Crippen molar-refractivity contribution in [3.05, 3.63) is 69.1 Å². The molecule has 1 aromatic carbocycles. The van der Waals surface area contributed by atoms with Gasteiger partial charge in [0.2, 0.25) is 0 Å². The third kappa shape index (κ3) is 4.79. The summed E-state index contributed by atoms with van der Waals surface area (Å²) in [4.78, 5) is 27.2. The number of aromatic amines is 1. The highest BCUT2D eigenvalue weighted by molar-refractivity contribution is 5.89. The van der Waals surface area contributed by atoms with Crippen LogP contribution in [0.3, 0.4) is 0 Å². The Morgan fingerprint density at radius 1 is 1.04 bits per heavy atom. The van der Waals surface area contributed by atoms with E-state index in [-0.39, 0.29) is 17.7 Å². The average Bonchev–Trinajstić information content (AvgIpc) is 2.86. The Kier molecular flexibility index (Phi) is 6.01. The van der Waals surface area contributed by atoms with Crippen LogP contribution in [0.2, 0.25) is 0 Å². The molecule has 1 aliphatic carbocycles. The van der Waals surface area contributed by atoms with Gasteiger partial charge in [-0.25, -0.2) is 4.79 Å². The van der Waals surface area contributed by atoms with Gasteiger partial charge >= 0.3 is 5.97 Å². The number of esters is 1.